The van der Waals surface area contributed by atoms with E-state index in [2.05, 4.69) is 10.6 Å². The molecule has 164 valence electrons. The molecule has 0 bridgehead atoms. The van der Waals surface area contributed by atoms with Crippen molar-refractivity contribution in [3.05, 3.63) is 51.9 Å². The number of anilines is 1. The van der Waals surface area contributed by atoms with E-state index < -0.39 is 0 Å². The fourth-order valence-electron chi connectivity index (χ4n) is 4.03. The number of methoxy groups -OCH3 is 1. The van der Waals surface area contributed by atoms with Crippen LogP contribution in [-0.4, -0.2) is 38.2 Å². The molecule has 1 atom stereocenters. The molecular formula is C24H28N2O4S. The van der Waals surface area contributed by atoms with Crippen molar-refractivity contribution >= 4 is 34.2 Å². The minimum absolute atomic E-state index is 0.0869. The summed E-state index contributed by atoms with van der Waals surface area (Å²) in [5.74, 6) is 0.399. The van der Waals surface area contributed by atoms with Gasteiger partial charge in [0.2, 0.25) is 5.91 Å². The second-order valence-corrected chi connectivity index (χ2v) is 8.96. The van der Waals surface area contributed by atoms with E-state index in [9.17, 15) is 9.59 Å². The lowest BCUT2D eigenvalue weighted by molar-refractivity contribution is -0.111. The number of amides is 2. The first kappa shape index (κ1) is 21.6. The van der Waals surface area contributed by atoms with E-state index in [0.717, 1.165) is 62.0 Å². The minimum atomic E-state index is -0.248. The maximum absolute atomic E-state index is 13.0. The van der Waals surface area contributed by atoms with Crippen LogP contribution in [0.4, 0.5) is 5.00 Å². The van der Waals surface area contributed by atoms with E-state index in [0.29, 0.717) is 17.1 Å². The molecule has 2 heterocycles. The number of carbonyl (C=O) groups is 2. The summed E-state index contributed by atoms with van der Waals surface area (Å²) >= 11 is 1.53. The van der Waals surface area contributed by atoms with Gasteiger partial charge in [0.05, 0.1) is 18.8 Å². The summed E-state index contributed by atoms with van der Waals surface area (Å²) < 4.78 is 10.8. The van der Waals surface area contributed by atoms with Gasteiger partial charge in [-0.15, -0.1) is 11.3 Å². The van der Waals surface area contributed by atoms with Crippen molar-refractivity contribution in [2.75, 3.05) is 25.6 Å². The van der Waals surface area contributed by atoms with Crippen LogP contribution < -0.4 is 15.4 Å². The third kappa shape index (κ3) is 5.35. The number of nitrogens with one attached hydrogen (secondary N) is 2. The lowest BCUT2D eigenvalue weighted by Gasteiger charge is -2.15. The van der Waals surface area contributed by atoms with Crippen LogP contribution in [0.1, 0.15) is 52.0 Å². The SMILES string of the molecule is COc1ccc(C=CC(=O)Nc2sc3c(c2C(=O)NCC2CCCO2)CCCC3)cc1. The van der Waals surface area contributed by atoms with Gasteiger partial charge in [-0.2, -0.15) is 0 Å². The van der Waals surface area contributed by atoms with Crippen molar-refractivity contribution in [1.29, 1.82) is 0 Å². The van der Waals surface area contributed by atoms with Crippen LogP contribution in [0.15, 0.2) is 30.3 Å². The number of carbonyl (C=O) groups excluding carboxylic acids is 2. The van der Waals surface area contributed by atoms with Crippen LogP contribution in [0.5, 0.6) is 5.75 Å². The number of hydrogen-bond donors (Lipinski definition) is 2. The summed E-state index contributed by atoms with van der Waals surface area (Å²) in [5, 5.41) is 6.61. The molecule has 1 aromatic heterocycles. The van der Waals surface area contributed by atoms with Crippen LogP contribution in [0.25, 0.3) is 6.08 Å². The standard InChI is InChI=1S/C24H28N2O4S/c1-29-17-11-8-16(9-12-17)10-13-21(27)26-24-22(19-6-2-3-7-20(19)31-24)23(28)25-15-18-5-4-14-30-18/h8-13,18H,2-7,14-15H2,1H3,(H,25,28)(H,26,27). The Kier molecular flexibility index (Phi) is 7.04. The molecule has 0 spiro atoms. The fourth-order valence-corrected chi connectivity index (χ4v) is 5.32. The Morgan fingerprint density at radius 3 is 2.74 bits per heavy atom. The summed E-state index contributed by atoms with van der Waals surface area (Å²) in [7, 11) is 1.62. The predicted octanol–water partition coefficient (Wildman–Crippen LogP) is 4.20. The lowest BCUT2D eigenvalue weighted by Crippen LogP contribution is -2.32. The Morgan fingerprint density at radius 1 is 1.19 bits per heavy atom. The molecule has 2 aromatic rings. The van der Waals surface area contributed by atoms with Crippen LogP contribution in [0, 0.1) is 0 Å². The zero-order valence-corrected chi connectivity index (χ0v) is 18.6. The van der Waals surface area contributed by atoms with Gasteiger partial charge in [0.15, 0.2) is 0 Å². The van der Waals surface area contributed by atoms with Crippen molar-refractivity contribution in [2.24, 2.45) is 0 Å². The van der Waals surface area contributed by atoms with E-state index in [4.69, 9.17) is 9.47 Å². The Morgan fingerprint density at radius 2 is 2.00 bits per heavy atom. The Labute approximate surface area is 186 Å². The van der Waals surface area contributed by atoms with E-state index in [1.807, 2.05) is 24.3 Å². The maximum Gasteiger partial charge on any atom is 0.254 e. The first-order valence-electron chi connectivity index (χ1n) is 10.8. The van der Waals surface area contributed by atoms with Crippen molar-refractivity contribution in [3.63, 3.8) is 0 Å². The van der Waals surface area contributed by atoms with E-state index in [1.54, 1.807) is 13.2 Å². The zero-order valence-electron chi connectivity index (χ0n) is 17.7. The molecule has 1 aliphatic carbocycles. The molecule has 1 aromatic carbocycles. The first-order valence-corrected chi connectivity index (χ1v) is 11.6. The molecule has 2 aliphatic rings. The molecule has 6 nitrogen and oxygen atoms in total. The van der Waals surface area contributed by atoms with Crippen molar-refractivity contribution in [3.8, 4) is 5.75 Å². The van der Waals surface area contributed by atoms with Gasteiger partial charge < -0.3 is 20.1 Å². The molecule has 1 saturated heterocycles. The van der Waals surface area contributed by atoms with Gasteiger partial charge in [0.1, 0.15) is 10.8 Å². The summed E-state index contributed by atoms with van der Waals surface area (Å²) in [5.41, 5.74) is 2.62. The van der Waals surface area contributed by atoms with Crippen LogP contribution in [0.3, 0.4) is 0 Å². The summed E-state index contributed by atoms with van der Waals surface area (Å²) in [6, 6.07) is 7.47. The monoisotopic (exact) mass is 440 g/mol. The molecule has 31 heavy (non-hydrogen) atoms. The van der Waals surface area contributed by atoms with Gasteiger partial charge in [-0.05, 0) is 67.9 Å². The van der Waals surface area contributed by atoms with Gasteiger partial charge >= 0.3 is 0 Å². The van der Waals surface area contributed by atoms with Gasteiger partial charge in [-0.3, -0.25) is 9.59 Å². The first-order chi connectivity index (χ1) is 15.1. The summed E-state index contributed by atoms with van der Waals surface area (Å²) in [6.07, 6.45) is 9.38. The molecule has 0 saturated carbocycles. The van der Waals surface area contributed by atoms with Crippen molar-refractivity contribution in [1.82, 2.24) is 5.32 Å². The average Bonchev–Trinajstić information content (AvgIpc) is 3.44. The Balaban J connectivity index is 1.47. The second kappa shape index (κ2) is 10.1. The van der Waals surface area contributed by atoms with Crippen LogP contribution >= 0.6 is 11.3 Å². The third-order valence-corrected chi connectivity index (χ3v) is 6.90. The molecule has 1 unspecified atom stereocenters. The largest absolute Gasteiger partial charge is 0.497 e. The highest BCUT2D eigenvalue weighted by atomic mass is 32.1. The van der Waals surface area contributed by atoms with Gasteiger partial charge in [-0.1, -0.05) is 12.1 Å². The maximum atomic E-state index is 13.0. The van der Waals surface area contributed by atoms with E-state index >= 15 is 0 Å². The quantitative estimate of drug-likeness (QED) is 0.633. The van der Waals surface area contributed by atoms with Gasteiger partial charge in [0, 0.05) is 24.1 Å². The van der Waals surface area contributed by atoms with Crippen molar-refractivity contribution < 1.29 is 19.1 Å². The average molecular weight is 441 g/mol. The predicted molar refractivity (Wildman–Crippen MR) is 123 cm³/mol. The molecule has 1 aliphatic heterocycles. The minimum Gasteiger partial charge on any atom is -0.497 e. The molecule has 7 heteroatoms. The van der Waals surface area contributed by atoms with Gasteiger partial charge in [0.25, 0.3) is 5.91 Å². The molecule has 0 radical (unpaired) electrons. The lowest BCUT2D eigenvalue weighted by atomic mass is 9.95. The van der Waals surface area contributed by atoms with Crippen molar-refractivity contribution in [2.45, 2.75) is 44.6 Å². The molecule has 1 fully saturated rings. The number of thiophene rings is 1. The molecule has 2 amide bonds. The topological polar surface area (TPSA) is 76.7 Å². The highest BCUT2D eigenvalue weighted by Gasteiger charge is 2.27. The highest BCUT2D eigenvalue weighted by Crippen LogP contribution is 2.38. The molecule has 4 rings (SSSR count). The Bertz CT molecular complexity index is 959. The third-order valence-electron chi connectivity index (χ3n) is 5.69. The normalized spacial score (nSPS) is 18.0. The number of fused-ring (bicyclic) bond motifs is 1. The smallest absolute Gasteiger partial charge is 0.254 e. The van der Waals surface area contributed by atoms with Crippen LogP contribution in [0.2, 0.25) is 0 Å². The van der Waals surface area contributed by atoms with Gasteiger partial charge in [-0.25, -0.2) is 0 Å². The van der Waals surface area contributed by atoms with Crippen LogP contribution in [-0.2, 0) is 22.4 Å². The number of aryl methyl sites for hydroxylation is 1. The van der Waals surface area contributed by atoms with E-state index in [-0.39, 0.29) is 17.9 Å². The number of hydrogen-bond acceptors (Lipinski definition) is 5. The number of ether oxygens (including phenoxy) is 2. The second-order valence-electron chi connectivity index (χ2n) is 7.86. The van der Waals surface area contributed by atoms with E-state index in [1.165, 1.54) is 22.3 Å². The highest BCUT2D eigenvalue weighted by molar-refractivity contribution is 7.17. The Hall–Kier alpha value is -2.64. The fraction of sp³-hybridized carbons (Fsp3) is 0.417. The molecule has 2 N–H and O–H groups in total. The molecular weight excluding hydrogens is 412 g/mol. The number of rotatable bonds is 7. The number of benzene rings is 1. The zero-order chi connectivity index (χ0) is 21.6. The summed E-state index contributed by atoms with van der Waals surface area (Å²) in [6.45, 7) is 1.27. The summed E-state index contributed by atoms with van der Waals surface area (Å²) in [4.78, 5) is 26.8.